The maximum absolute atomic E-state index is 9.67. The molecular weight excluding hydrogens is 534 g/mol. The van der Waals surface area contributed by atoms with Crippen LogP contribution in [0.5, 0.6) is 5.75 Å². The van der Waals surface area contributed by atoms with Crippen molar-refractivity contribution in [1.82, 2.24) is 0 Å². The van der Waals surface area contributed by atoms with E-state index in [1.807, 2.05) is 30.3 Å². The zero-order valence-electron chi connectivity index (χ0n) is 23.3. The third kappa shape index (κ3) is 6.07. The molecule has 7 aromatic rings. The summed E-state index contributed by atoms with van der Waals surface area (Å²) in [6, 6.07) is 54.9. The maximum atomic E-state index is 9.67. The molecule has 0 saturated carbocycles. The Bertz CT molecular complexity index is 1820. The lowest BCUT2D eigenvalue weighted by Crippen LogP contribution is -2.24. The number of hydrogen-bond acceptors (Lipinski definition) is 3. The van der Waals surface area contributed by atoms with Crippen LogP contribution in [0.15, 0.2) is 158 Å². The monoisotopic (exact) mass is 564 g/mol. The molecule has 0 fully saturated rings. The summed E-state index contributed by atoms with van der Waals surface area (Å²) in [5.41, 5.74) is 0. The Kier molecular flexibility index (Phi) is 8.58. The van der Waals surface area contributed by atoms with Crippen LogP contribution < -0.4 is 20.6 Å². The average Bonchev–Trinajstić information content (AvgIpc) is 3.05. The lowest BCUT2D eigenvalue weighted by atomic mass is 9.97. The summed E-state index contributed by atoms with van der Waals surface area (Å²) in [6.07, 6.45) is 0. The third-order valence-electron chi connectivity index (χ3n) is 7.16. The van der Waals surface area contributed by atoms with Gasteiger partial charge in [0.15, 0.2) is 0 Å². The first kappa shape index (κ1) is 27.7. The van der Waals surface area contributed by atoms with Gasteiger partial charge in [-0.1, -0.05) is 140 Å². The third-order valence-corrected chi connectivity index (χ3v) is 9.60. The van der Waals surface area contributed by atoms with E-state index in [-0.39, 0.29) is 0 Å². The van der Waals surface area contributed by atoms with Gasteiger partial charge in [-0.2, -0.15) is 0 Å². The van der Waals surface area contributed by atoms with Crippen molar-refractivity contribution in [3.8, 4) is 5.75 Å². The number of rotatable bonds is 6. The summed E-state index contributed by atoms with van der Waals surface area (Å²) in [6.45, 7) is 0. The molecule has 0 aliphatic heterocycles. The minimum Gasteiger partial charge on any atom is -0.511 e. The Labute approximate surface area is 247 Å². The summed E-state index contributed by atoms with van der Waals surface area (Å²) in [7, 11) is -0.323. The van der Waals surface area contributed by atoms with Crippen LogP contribution in [0.2, 0.25) is 0 Å². The molecule has 0 atom stereocenters. The van der Waals surface area contributed by atoms with Gasteiger partial charge in [-0.25, -0.2) is 0 Å². The molecule has 204 valence electrons. The highest BCUT2D eigenvalue weighted by Gasteiger charge is 2.18. The van der Waals surface area contributed by atoms with Gasteiger partial charge in [-0.15, -0.1) is 0 Å². The molecule has 0 aliphatic rings. The first-order valence-electron chi connectivity index (χ1n) is 13.9. The van der Waals surface area contributed by atoms with E-state index in [1.165, 1.54) is 33.8 Å². The van der Waals surface area contributed by atoms with Crippen LogP contribution in [0.25, 0.3) is 32.3 Å². The Balaban J connectivity index is 0.000000153. The number of fused-ring (bicyclic) bond motifs is 4. The van der Waals surface area contributed by atoms with Gasteiger partial charge in [0.25, 0.3) is 0 Å². The van der Waals surface area contributed by atoms with Gasteiger partial charge in [-0.05, 0) is 69.0 Å². The molecule has 7 aromatic carbocycles. The van der Waals surface area contributed by atoms with Gasteiger partial charge < -0.3 is 14.3 Å². The van der Waals surface area contributed by atoms with Crippen molar-refractivity contribution in [3.05, 3.63) is 158 Å². The second-order valence-electron chi connectivity index (χ2n) is 9.84. The predicted octanol–water partition coefficient (Wildman–Crippen LogP) is 7.59. The normalized spacial score (nSPS) is 10.9. The van der Waals surface area contributed by atoms with Crippen LogP contribution in [0.1, 0.15) is 0 Å². The molecule has 5 heteroatoms. The standard InChI is InChI=1S/C19H15BO3.C18H15P/c1-22-20(21)23-18-8-4-7-13-9-10-16-11-14-5-2-3-6-15(14)12-17(16)19(13)18;1-4-10-16(11-5-1)19(17-12-6-2-7-13-17)18-14-8-3-9-15-18/h2-12,21H,1H3;1-15H. The van der Waals surface area contributed by atoms with E-state index in [2.05, 4.69) is 127 Å². The molecule has 42 heavy (non-hydrogen) atoms. The Morgan fingerprint density at radius 1 is 0.500 bits per heavy atom. The summed E-state index contributed by atoms with van der Waals surface area (Å²) < 4.78 is 10.3. The van der Waals surface area contributed by atoms with E-state index in [9.17, 15) is 5.02 Å². The van der Waals surface area contributed by atoms with E-state index in [0.717, 1.165) is 21.5 Å². The van der Waals surface area contributed by atoms with Crippen LogP contribution >= 0.6 is 7.92 Å². The van der Waals surface area contributed by atoms with E-state index >= 15 is 0 Å². The van der Waals surface area contributed by atoms with Gasteiger partial charge in [0.2, 0.25) is 0 Å². The zero-order chi connectivity index (χ0) is 28.7. The highest BCUT2D eigenvalue weighted by atomic mass is 31.1. The Morgan fingerprint density at radius 3 is 1.52 bits per heavy atom. The van der Waals surface area contributed by atoms with Crippen molar-refractivity contribution >= 4 is 63.5 Å². The average molecular weight is 564 g/mol. The molecule has 0 bridgehead atoms. The second kappa shape index (κ2) is 13.0. The van der Waals surface area contributed by atoms with E-state index in [1.54, 1.807) is 0 Å². The van der Waals surface area contributed by atoms with Crippen LogP contribution in [-0.4, -0.2) is 19.5 Å². The molecule has 0 aromatic heterocycles. The van der Waals surface area contributed by atoms with E-state index in [4.69, 9.17) is 9.31 Å². The fourth-order valence-electron chi connectivity index (χ4n) is 5.20. The molecule has 0 saturated heterocycles. The number of hydrogen-bond donors (Lipinski definition) is 1. The van der Waals surface area contributed by atoms with Crippen molar-refractivity contribution in [2.45, 2.75) is 0 Å². The maximum Gasteiger partial charge on any atom is 0.710 e. The number of benzene rings is 7. The molecular formula is C37H30BO3P. The van der Waals surface area contributed by atoms with Crippen molar-refractivity contribution in [3.63, 3.8) is 0 Å². The Morgan fingerprint density at radius 2 is 0.976 bits per heavy atom. The van der Waals surface area contributed by atoms with E-state index < -0.39 is 15.2 Å². The van der Waals surface area contributed by atoms with E-state index in [0.29, 0.717) is 5.75 Å². The molecule has 1 N–H and O–H groups in total. The van der Waals surface area contributed by atoms with Gasteiger partial charge in [-0.3, -0.25) is 0 Å². The van der Waals surface area contributed by atoms with Gasteiger partial charge in [0, 0.05) is 12.5 Å². The van der Waals surface area contributed by atoms with Crippen molar-refractivity contribution in [1.29, 1.82) is 0 Å². The van der Waals surface area contributed by atoms with Crippen LogP contribution in [-0.2, 0) is 4.65 Å². The van der Waals surface area contributed by atoms with Gasteiger partial charge in [0.05, 0.1) is 0 Å². The van der Waals surface area contributed by atoms with Gasteiger partial charge in [0.1, 0.15) is 5.75 Å². The van der Waals surface area contributed by atoms with Gasteiger partial charge >= 0.3 is 7.32 Å². The summed E-state index contributed by atoms with van der Waals surface area (Å²) >= 11 is 0. The Hall–Kier alpha value is -4.47. The fraction of sp³-hybridized carbons (Fsp3) is 0.0270. The molecule has 0 radical (unpaired) electrons. The predicted molar refractivity (Wildman–Crippen MR) is 180 cm³/mol. The molecule has 3 nitrogen and oxygen atoms in total. The highest BCUT2D eigenvalue weighted by Crippen LogP contribution is 2.35. The molecule has 0 aliphatic carbocycles. The lowest BCUT2D eigenvalue weighted by molar-refractivity contribution is 0.239. The summed E-state index contributed by atoms with van der Waals surface area (Å²) in [5.74, 6) is 0.609. The van der Waals surface area contributed by atoms with Crippen LogP contribution in [0.4, 0.5) is 0 Å². The summed E-state index contributed by atoms with van der Waals surface area (Å²) in [4.78, 5) is 0. The highest BCUT2D eigenvalue weighted by molar-refractivity contribution is 7.79. The summed E-state index contributed by atoms with van der Waals surface area (Å²) in [5, 5.41) is 20.5. The lowest BCUT2D eigenvalue weighted by Gasteiger charge is -2.18. The minimum atomic E-state index is -1.28. The zero-order valence-corrected chi connectivity index (χ0v) is 24.2. The van der Waals surface area contributed by atoms with Crippen molar-refractivity contribution in [2.24, 2.45) is 0 Å². The minimum absolute atomic E-state index is 0.446. The first-order valence-corrected chi connectivity index (χ1v) is 15.2. The van der Waals surface area contributed by atoms with Crippen LogP contribution in [0, 0.1) is 0 Å². The SMILES string of the molecule is COB(O)Oc1cccc2ccc3cc4ccccc4cc3c12.c1ccc(P(c2ccccc2)c2ccccc2)cc1. The van der Waals surface area contributed by atoms with Crippen molar-refractivity contribution < 1.29 is 14.3 Å². The largest absolute Gasteiger partial charge is 0.710 e. The second-order valence-corrected chi connectivity index (χ2v) is 12.1. The topological polar surface area (TPSA) is 38.7 Å². The van der Waals surface area contributed by atoms with Crippen LogP contribution in [0.3, 0.4) is 0 Å². The van der Waals surface area contributed by atoms with Crippen molar-refractivity contribution in [2.75, 3.05) is 7.11 Å². The quantitative estimate of drug-likeness (QED) is 0.0979. The fourth-order valence-corrected chi connectivity index (χ4v) is 7.51. The molecule has 0 amide bonds. The first-order chi connectivity index (χ1) is 20.7. The molecule has 0 unspecified atom stereocenters. The molecule has 0 heterocycles. The smallest absolute Gasteiger partial charge is 0.511 e. The molecule has 0 spiro atoms. The molecule has 7 rings (SSSR count).